The number of ether oxygens (including phenoxy) is 1. The maximum absolute atomic E-state index is 12.3. The molecule has 0 spiro atoms. The van der Waals surface area contributed by atoms with Gasteiger partial charge in [-0.1, -0.05) is 22.4 Å². The van der Waals surface area contributed by atoms with Gasteiger partial charge >= 0.3 is 0 Å². The average molecular weight is 391 g/mol. The van der Waals surface area contributed by atoms with Gasteiger partial charge in [0.25, 0.3) is 5.91 Å². The third kappa shape index (κ3) is 3.51. The molecule has 19 heavy (non-hydrogen) atoms. The molecule has 5 heteroatoms. The van der Waals surface area contributed by atoms with Crippen molar-refractivity contribution in [3.8, 4) is 5.75 Å². The van der Waals surface area contributed by atoms with E-state index in [-0.39, 0.29) is 11.9 Å². The Morgan fingerprint density at radius 1 is 1.47 bits per heavy atom. The fraction of sp³-hybridized carbons (Fsp3) is 0.500. The van der Waals surface area contributed by atoms with Crippen LogP contribution in [0.3, 0.4) is 0 Å². The first-order chi connectivity index (χ1) is 9.15. The van der Waals surface area contributed by atoms with Gasteiger partial charge in [0.2, 0.25) is 0 Å². The van der Waals surface area contributed by atoms with Gasteiger partial charge in [0, 0.05) is 15.8 Å². The predicted octanol–water partition coefficient (Wildman–Crippen LogP) is 3.75. The molecule has 0 saturated heterocycles. The predicted molar refractivity (Wildman–Crippen MR) is 83.1 cm³/mol. The SMILES string of the molecule is COc1ccc(Br)c(C(=O)NC2CCCC2CBr)c1. The van der Waals surface area contributed by atoms with E-state index in [4.69, 9.17) is 4.74 Å². The molecule has 1 aliphatic carbocycles. The number of benzene rings is 1. The highest BCUT2D eigenvalue weighted by Crippen LogP contribution is 2.28. The van der Waals surface area contributed by atoms with E-state index in [0.717, 1.165) is 16.2 Å². The Balaban J connectivity index is 2.11. The second-order valence-corrected chi connectivity index (χ2v) is 6.27. The summed E-state index contributed by atoms with van der Waals surface area (Å²) in [6, 6.07) is 5.70. The van der Waals surface area contributed by atoms with E-state index in [0.29, 0.717) is 17.2 Å². The van der Waals surface area contributed by atoms with Gasteiger partial charge < -0.3 is 10.1 Å². The molecule has 1 fully saturated rings. The number of nitrogens with one attached hydrogen (secondary N) is 1. The molecule has 2 atom stereocenters. The summed E-state index contributed by atoms with van der Waals surface area (Å²) in [5.74, 6) is 1.19. The molecule has 3 nitrogen and oxygen atoms in total. The highest BCUT2D eigenvalue weighted by molar-refractivity contribution is 9.10. The minimum atomic E-state index is -0.0383. The van der Waals surface area contributed by atoms with Crippen molar-refractivity contribution in [2.24, 2.45) is 5.92 Å². The van der Waals surface area contributed by atoms with Crippen LogP contribution in [-0.2, 0) is 0 Å². The molecule has 1 aromatic rings. The molecule has 1 amide bonds. The van der Waals surface area contributed by atoms with E-state index in [9.17, 15) is 4.79 Å². The first-order valence-corrected chi connectivity index (χ1v) is 8.27. The molecule has 0 aromatic heterocycles. The van der Waals surface area contributed by atoms with Gasteiger partial charge in [-0.15, -0.1) is 0 Å². The molecule has 2 unspecified atom stereocenters. The lowest BCUT2D eigenvalue weighted by Crippen LogP contribution is -2.38. The van der Waals surface area contributed by atoms with E-state index in [1.54, 1.807) is 13.2 Å². The molecule has 0 bridgehead atoms. The molecule has 2 rings (SSSR count). The molecule has 0 heterocycles. The van der Waals surface area contributed by atoms with Crippen molar-refractivity contribution in [1.82, 2.24) is 5.32 Å². The average Bonchev–Trinajstić information content (AvgIpc) is 2.86. The molecule has 104 valence electrons. The Bertz CT molecular complexity index is 465. The standard InChI is InChI=1S/C14H17Br2NO2/c1-19-10-5-6-12(16)11(7-10)14(18)17-13-4-2-3-9(13)8-15/h5-7,9,13H,2-4,8H2,1H3,(H,17,18). The maximum Gasteiger partial charge on any atom is 0.252 e. The highest BCUT2D eigenvalue weighted by atomic mass is 79.9. The zero-order valence-electron chi connectivity index (χ0n) is 10.8. The summed E-state index contributed by atoms with van der Waals surface area (Å²) in [5.41, 5.74) is 0.625. The van der Waals surface area contributed by atoms with Crippen LogP contribution in [0.2, 0.25) is 0 Å². The fourth-order valence-corrected chi connectivity index (χ4v) is 3.66. The lowest BCUT2D eigenvalue weighted by atomic mass is 10.1. The third-order valence-corrected chi connectivity index (χ3v) is 5.12. The van der Waals surface area contributed by atoms with Gasteiger partial charge in [0.15, 0.2) is 0 Å². The molecule has 0 aliphatic heterocycles. The molecule has 1 aliphatic rings. The lowest BCUT2D eigenvalue weighted by Gasteiger charge is -2.19. The number of carbonyl (C=O) groups is 1. The van der Waals surface area contributed by atoms with Gasteiger partial charge in [0.05, 0.1) is 12.7 Å². The van der Waals surface area contributed by atoms with Crippen LogP contribution in [0.25, 0.3) is 0 Å². The molecule has 0 radical (unpaired) electrons. The first kappa shape index (κ1) is 14.9. The summed E-state index contributed by atoms with van der Waals surface area (Å²) in [5, 5.41) is 4.08. The quantitative estimate of drug-likeness (QED) is 0.795. The number of carbonyl (C=O) groups excluding carboxylic acids is 1. The first-order valence-electron chi connectivity index (χ1n) is 6.36. The Morgan fingerprint density at radius 3 is 2.95 bits per heavy atom. The Morgan fingerprint density at radius 2 is 2.26 bits per heavy atom. The van der Waals surface area contributed by atoms with Crippen molar-refractivity contribution < 1.29 is 9.53 Å². The summed E-state index contributed by atoms with van der Waals surface area (Å²) in [6.45, 7) is 0. The van der Waals surface area contributed by atoms with E-state index in [1.807, 2.05) is 12.1 Å². The van der Waals surface area contributed by atoms with Gasteiger partial charge in [-0.2, -0.15) is 0 Å². The normalized spacial score (nSPS) is 22.3. The topological polar surface area (TPSA) is 38.3 Å². The van der Waals surface area contributed by atoms with E-state index in [1.165, 1.54) is 12.8 Å². The summed E-state index contributed by atoms with van der Waals surface area (Å²) in [4.78, 5) is 12.3. The summed E-state index contributed by atoms with van der Waals surface area (Å²) < 4.78 is 5.95. The Kier molecular flexibility index (Phi) is 5.28. The smallest absolute Gasteiger partial charge is 0.252 e. The second kappa shape index (κ2) is 6.75. The molecule has 1 aromatic carbocycles. The number of halogens is 2. The van der Waals surface area contributed by atoms with Gasteiger partial charge in [-0.25, -0.2) is 0 Å². The number of methoxy groups -OCH3 is 1. The van der Waals surface area contributed by atoms with Gasteiger partial charge in [-0.05, 0) is 52.9 Å². The zero-order valence-corrected chi connectivity index (χ0v) is 14.0. The summed E-state index contributed by atoms with van der Waals surface area (Å²) >= 11 is 6.94. The number of rotatable bonds is 4. The van der Waals surface area contributed by atoms with Crippen molar-refractivity contribution in [1.29, 1.82) is 0 Å². The van der Waals surface area contributed by atoms with E-state index < -0.39 is 0 Å². The van der Waals surface area contributed by atoms with Crippen LogP contribution in [0.4, 0.5) is 0 Å². The molecular weight excluding hydrogens is 374 g/mol. The minimum Gasteiger partial charge on any atom is -0.497 e. The second-order valence-electron chi connectivity index (χ2n) is 4.77. The van der Waals surface area contributed by atoms with Gasteiger partial charge in [0.1, 0.15) is 5.75 Å². The Labute approximate surface area is 130 Å². The number of amides is 1. The Hall–Kier alpha value is -0.550. The molecule has 1 N–H and O–H groups in total. The van der Waals surface area contributed by atoms with Crippen LogP contribution < -0.4 is 10.1 Å². The summed E-state index contributed by atoms with van der Waals surface area (Å²) in [6.07, 6.45) is 3.42. The van der Waals surface area contributed by atoms with Crippen molar-refractivity contribution in [3.05, 3.63) is 28.2 Å². The largest absolute Gasteiger partial charge is 0.497 e. The van der Waals surface area contributed by atoms with Crippen molar-refractivity contribution in [2.45, 2.75) is 25.3 Å². The molecular formula is C14H17Br2NO2. The van der Waals surface area contributed by atoms with Crippen LogP contribution in [0.15, 0.2) is 22.7 Å². The monoisotopic (exact) mass is 389 g/mol. The van der Waals surface area contributed by atoms with Crippen LogP contribution >= 0.6 is 31.9 Å². The summed E-state index contributed by atoms with van der Waals surface area (Å²) in [7, 11) is 1.60. The third-order valence-electron chi connectivity index (χ3n) is 3.59. The van der Waals surface area contributed by atoms with Gasteiger partial charge in [-0.3, -0.25) is 4.79 Å². The number of hydrogen-bond donors (Lipinski definition) is 1. The number of alkyl halides is 1. The van der Waals surface area contributed by atoms with Crippen LogP contribution in [0.5, 0.6) is 5.75 Å². The van der Waals surface area contributed by atoms with Crippen LogP contribution in [-0.4, -0.2) is 24.4 Å². The fourth-order valence-electron chi connectivity index (χ4n) is 2.46. The zero-order chi connectivity index (χ0) is 13.8. The van der Waals surface area contributed by atoms with Crippen LogP contribution in [0.1, 0.15) is 29.6 Å². The van der Waals surface area contributed by atoms with E-state index in [2.05, 4.69) is 37.2 Å². The lowest BCUT2D eigenvalue weighted by molar-refractivity contribution is 0.0929. The minimum absolute atomic E-state index is 0.0383. The number of hydrogen-bond acceptors (Lipinski definition) is 2. The highest BCUT2D eigenvalue weighted by Gasteiger charge is 2.28. The van der Waals surface area contributed by atoms with Crippen LogP contribution in [0, 0.1) is 5.92 Å². The molecule has 1 saturated carbocycles. The van der Waals surface area contributed by atoms with Crippen molar-refractivity contribution >= 4 is 37.8 Å². The van der Waals surface area contributed by atoms with Crippen molar-refractivity contribution in [3.63, 3.8) is 0 Å². The van der Waals surface area contributed by atoms with Crippen molar-refractivity contribution in [2.75, 3.05) is 12.4 Å². The maximum atomic E-state index is 12.3. The van der Waals surface area contributed by atoms with E-state index >= 15 is 0 Å².